The van der Waals surface area contributed by atoms with Crippen molar-refractivity contribution in [3.63, 3.8) is 0 Å². The van der Waals surface area contributed by atoms with Crippen LogP contribution in [0.5, 0.6) is 0 Å². The average molecular weight is 530 g/mol. The van der Waals surface area contributed by atoms with Crippen molar-refractivity contribution < 1.29 is 18.7 Å². The zero-order valence-electron chi connectivity index (χ0n) is 21.1. The number of carbonyl (C=O) groups is 2. The molecule has 2 aromatic carbocycles. The van der Waals surface area contributed by atoms with Crippen LogP contribution in [0, 0.1) is 5.82 Å². The summed E-state index contributed by atoms with van der Waals surface area (Å²) in [6.07, 6.45) is 6.37. The van der Waals surface area contributed by atoms with E-state index in [1.165, 1.54) is 29.0 Å². The predicted molar refractivity (Wildman–Crippen MR) is 145 cm³/mol. The van der Waals surface area contributed by atoms with E-state index in [4.69, 9.17) is 4.74 Å². The molecule has 1 N–H and O–H groups in total. The lowest BCUT2D eigenvalue weighted by Gasteiger charge is -2.31. The van der Waals surface area contributed by atoms with Gasteiger partial charge >= 0.3 is 12.0 Å². The van der Waals surface area contributed by atoms with Gasteiger partial charge in [-0.1, -0.05) is 24.3 Å². The summed E-state index contributed by atoms with van der Waals surface area (Å²) < 4.78 is 21.8. The number of thiophene rings is 1. The van der Waals surface area contributed by atoms with Crippen molar-refractivity contribution in [2.75, 3.05) is 11.9 Å². The van der Waals surface area contributed by atoms with Crippen molar-refractivity contribution >= 4 is 29.0 Å². The second-order valence-corrected chi connectivity index (χ2v) is 10.7. The first-order valence-electron chi connectivity index (χ1n) is 13.0. The molecular weight excluding hydrogens is 501 g/mol. The number of carbonyl (C=O) groups excluding carboxylic acids is 2. The van der Waals surface area contributed by atoms with Crippen molar-refractivity contribution in [3.05, 3.63) is 106 Å². The Balaban J connectivity index is 1.47. The number of nitrogens with one attached hydrogen (secondary N) is 1. The van der Waals surface area contributed by atoms with Crippen LogP contribution < -0.4 is 5.32 Å². The van der Waals surface area contributed by atoms with Crippen LogP contribution >= 0.6 is 11.3 Å². The third-order valence-corrected chi connectivity index (χ3v) is 8.60. The first-order valence-corrected chi connectivity index (χ1v) is 13.8. The van der Waals surface area contributed by atoms with Crippen LogP contribution in [0.1, 0.15) is 63.4 Å². The number of benzene rings is 2. The van der Waals surface area contributed by atoms with E-state index >= 15 is 0 Å². The lowest BCUT2D eigenvalue weighted by atomic mass is 9.95. The molecule has 1 aliphatic carbocycles. The molecule has 1 unspecified atom stereocenters. The minimum Gasteiger partial charge on any atom is -0.462 e. The molecule has 3 heterocycles. The van der Waals surface area contributed by atoms with Crippen LogP contribution in [0.4, 0.5) is 14.9 Å². The molecule has 2 aliphatic rings. The summed E-state index contributed by atoms with van der Waals surface area (Å²) >= 11 is 1.80. The second kappa shape index (κ2) is 10.1. The minimum atomic E-state index is -0.533. The summed E-state index contributed by atoms with van der Waals surface area (Å²) in [6.45, 7) is 2.35. The molecule has 0 spiro atoms. The molecule has 0 fully saturated rings. The number of hydrogen-bond acceptors (Lipinski definition) is 4. The van der Waals surface area contributed by atoms with Crippen molar-refractivity contribution in [3.8, 4) is 5.00 Å². The molecule has 6 rings (SSSR count). The van der Waals surface area contributed by atoms with Crippen molar-refractivity contribution in [2.24, 2.45) is 0 Å². The quantitative estimate of drug-likeness (QED) is 0.294. The molecule has 0 bridgehead atoms. The highest BCUT2D eigenvalue weighted by molar-refractivity contribution is 7.15. The Morgan fingerprint density at radius 1 is 1.05 bits per heavy atom. The number of anilines is 1. The van der Waals surface area contributed by atoms with E-state index in [9.17, 15) is 14.0 Å². The largest absolute Gasteiger partial charge is 0.462 e. The minimum absolute atomic E-state index is 0.234. The van der Waals surface area contributed by atoms with Crippen LogP contribution in [0.2, 0.25) is 0 Å². The van der Waals surface area contributed by atoms with Crippen LogP contribution in [0.25, 0.3) is 5.00 Å². The molecule has 2 aromatic heterocycles. The van der Waals surface area contributed by atoms with Crippen molar-refractivity contribution in [1.29, 1.82) is 0 Å². The number of fused-ring (bicyclic) bond motifs is 5. The number of amides is 2. The number of rotatable bonds is 4. The van der Waals surface area contributed by atoms with Gasteiger partial charge in [0.2, 0.25) is 0 Å². The molecule has 2 amide bonds. The Morgan fingerprint density at radius 3 is 2.74 bits per heavy atom. The molecule has 0 radical (unpaired) electrons. The molecule has 1 aliphatic heterocycles. The van der Waals surface area contributed by atoms with E-state index in [1.54, 1.807) is 53.5 Å². The summed E-state index contributed by atoms with van der Waals surface area (Å²) in [5.74, 6) is -0.853. The normalized spacial score (nSPS) is 16.2. The first-order chi connectivity index (χ1) is 18.5. The zero-order chi connectivity index (χ0) is 26.2. The lowest BCUT2D eigenvalue weighted by molar-refractivity contribution is 0.0527. The van der Waals surface area contributed by atoms with Gasteiger partial charge < -0.3 is 19.5 Å². The Kier molecular flexibility index (Phi) is 6.49. The average Bonchev–Trinajstić information content (AvgIpc) is 3.51. The second-order valence-electron chi connectivity index (χ2n) is 9.58. The van der Waals surface area contributed by atoms with Crippen molar-refractivity contribution in [1.82, 2.24) is 9.47 Å². The summed E-state index contributed by atoms with van der Waals surface area (Å²) in [7, 11) is 0. The van der Waals surface area contributed by atoms with Crippen LogP contribution in [0.15, 0.2) is 66.9 Å². The molecule has 4 aromatic rings. The van der Waals surface area contributed by atoms with Gasteiger partial charge in [0, 0.05) is 16.6 Å². The molecule has 6 nitrogen and oxygen atoms in total. The van der Waals surface area contributed by atoms with Gasteiger partial charge in [0.25, 0.3) is 0 Å². The highest BCUT2D eigenvalue weighted by Gasteiger charge is 2.36. The van der Waals surface area contributed by atoms with E-state index in [0.29, 0.717) is 17.8 Å². The summed E-state index contributed by atoms with van der Waals surface area (Å²) in [5, 5.41) is 4.10. The molecule has 8 heteroatoms. The van der Waals surface area contributed by atoms with E-state index in [0.717, 1.165) is 35.5 Å². The van der Waals surface area contributed by atoms with Gasteiger partial charge in [0.15, 0.2) is 0 Å². The van der Waals surface area contributed by atoms with E-state index in [2.05, 4.69) is 9.88 Å². The van der Waals surface area contributed by atoms with Crippen LogP contribution in [-0.2, 0) is 24.1 Å². The highest BCUT2D eigenvalue weighted by Crippen LogP contribution is 2.44. The van der Waals surface area contributed by atoms with Gasteiger partial charge in [-0.2, -0.15) is 0 Å². The topological polar surface area (TPSA) is 63.6 Å². The fourth-order valence-corrected chi connectivity index (χ4v) is 6.98. The Bertz CT molecular complexity index is 1520. The maximum Gasteiger partial charge on any atom is 0.340 e. The van der Waals surface area contributed by atoms with E-state index in [1.807, 2.05) is 24.4 Å². The SMILES string of the molecule is CCOC(=O)c1ccccc1NC(=O)N1Cc2c(sc3c2CCCC3)-n2cccc2C1c1cccc(F)c1. The number of halogens is 1. The molecular formula is C30H28FN3O3S. The van der Waals surface area contributed by atoms with Gasteiger partial charge in [-0.3, -0.25) is 0 Å². The van der Waals surface area contributed by atoms with Gasteiger partial charge in [0.05, 0.1) is 36.1 Å². The Labute approximate surface area is 224 Å². The zero-order valence-corrected chi connectivity index (χ0v) is 21.9. The summed E-state index contributed by atoms with van der Waals surface area (Å²) in [6, 6.07) is 16.3. The number of nitrogens with zero attached hydrogens (tertiary/aromatic N) is 2. The predicted octanol–water partition coefficient (Wildman–Crippen LogP) is 6.87. The van der Waals surface area contributed by atoms with Crippen molar-refractivity contribution in [2.45, 2.75) is 45.2 Å². The number of hydrogen-bond donors (Lipinski definition) is 1. The van der Waals surface area contributed by atoms with E-state index in [-0.39, 0.29) is 24.0 Å². The number of aromatic nitrogens is 1. The number of urea groups is 1. The lowest BCUT2D eigenvalue weighted by Crippen LogP contribution is -2.38. The fraction of sp³-hybridized carbons (Fsp3) is 0.267. The molecule has 1 atom stereocenters. The van der Waals surface area contributed by atoms with Gasteiger partial charge in [-0.25, -0.2) is 14.0 Å². The van der Waals surface area contributed by atoms with Gasteiger partial charge in [-0.05, 0) is 80.1 Å². The molecule has 0 saturated carbocycles. The fourth-order valence-electron chi connectivity index (χ4n) is 5.58. The Hall–Kier alpha value is -3.91. The number of ether oxygens (including phenoxy) is 1. The number of para-hydroxylation sites is 1. The monoisotopic (exact) mass is 529 g/mol. The smallest absolute Gasteiger partial charge is 0.340 e. The molecule has 194 valence electrons. The summed E-state index contributed by atoms with van der Waals surface area (Å²) in [4.78, 5) is 29.9. The summed E-state index contributed by atoms with van der Waals surface area (Å²) in [5.41, 5.74) is 4.72. The maximum atomic E-state index is 14.5. The Morgan fingerprint density at radius 2 is 1.89 bits per heavy atom. The highest BCUT2D eigenvalue weighted by atomic mass is 32.1. The van der Waals surface area contributed by atoms with E-state index < -0.39 is 12.0 Å². The van der Waals surface area contributed by atoms with Gasteiger partial charge in [-0.15, -0.1) is 11.3 Å². The number of aryl methyl sites for hydroxylation is 1. The third kappa shape index (κ3) is 4.28. The standard InChI is InChI=1S/C30H28FN3O3S/c1-2-37-29(35)22-12-3-5-13-24(22)32-30(36)34-18-23-21-11-4-6-15-26(21)38-28(23)33-16-8-14-25(33)27(34)19-9-7-10-20(31)17-19/h3,5,7-10,12-14,16-17,27H,2,4,6,11,15,18H2,1H3,(H,32,36). The third-order valence-electron chi connectivity index (χ3n) is 7.27. The first kappa shape index (κ1) is 24.4. The maximum absolute atomic E-state index is 14.5. The van der Waals surface area contributed by atoms with Crippen LogP contribution in [-0.4, -0.2) is 28.1 Å². The molecule has 38 heavy (non-hydrogen) atoms. The van der Waals surface area contributed by atoms with Gasteiger partial charge in [0.1, 0.15) is 10.8 Å². The number of esters is 1. The molecule has 0 saturated heterocycles. The van der Waals surface area contributed by atoms with Crippen LogP contribution in [0.3, 0.4) is 0 Å².